The van der Waals surface area contributed by atoms with Gasteiger partial charge in [0.25, 0.3) is 0 Å². The van der Waals surface area contributed by atoms with Crippen molar-refractivity contribution in [3.05, 3.63) is 5.82 Å². The lowest BCUT2D eigenvalue weighted by molar-refractivity contribution is -0.156. The van der Waals surface area contributed by atoms with E-state index in [0.717, 1.165) is 37.9 Å². The molecular formula is C14H24N4O2. The molecule has 20 heavy (non-hydrogen) atoms. The number of aromatic nitrogens is 4. The molecule has 0 aromatic carbocycles. The van der Waals surface area contributed by atoms with E-state index in [4.69, 9.17) is 0 Å². The highest BCUT2D eigenvalue weighted by atomic mass is 16.4. The number of carbonyl (C=O) groups is 1. The molecule has 1 fully saturated rings. The zero-order valence-electron chi connectivity index (χ0n) is 12.2. The predicted molar refractivity (Wildman–Crippen MR) is 74.2 cm³/mol. The molecule has 0 saturated heterocycles. The second-order valence-electron chi connectivity index (χ2n) is 5.86. The van der Waals surface area contributed by atoms with Crippen LogP contribution in [0.25, 0.3) is 0 Å². The van der Waals surface area contributed by atoms with Crippen molar-refractivity contribution in [3.8, 4) is 0 Å². The van der Waals surface area contributed by atoms with Crippen molar-refractivity contribution >= 4 is 5.97 Å². The summed E-state index contributed by atoms with van der Waals surface area (Å²) >= 11 is 0. The van der Waals surface area contributed by atoms with E-state index in [2.05, 4.69) is 22.4 Å². The van der Waals surface area contributed by atoms with E-state index in [1.54, 1.807) is 4.68 Å². The fourth-order valence-electron chi connectivity index (χ4n) is 2.74. The van der Waals surface area contributed by atoms with Crippen molar-refractivity contribution in [2.45, 2.75) is 71.3 Å². The molecule has 0 radical (unpaired) electrons. The van der Waals surface area contributed by atoms with Gasteiger partial charge in [-0.3, -0.25) is 4.79 Å². The Kier molecular flexibility index (Phi) is 5.09. The quantitative estimate of drug-likeness (QED) is 0.703. The summed E-state index contributed by atoms with van der Waals surface area (Å²) in [4.78, 5) is 11.4. The standard InChI is InChI=1S/C14H24N4O2/c1-2-3-4-5-6-8-12-15-16-17-18(12)11-14(13(19)20)9-7-10-14/h2-11H2,1H3,(H,19,20). The zero-order chi connectivity index (χ0) is 14.4. The number of carboxylic acids is 1. The summed E-state index contributed by atoms with van der Waals surface area (Å²) < 4.78 is 1.70. The number of carboxylic acid groups (broad SMARTS) is 1. The SMILES string of the molecule is CCCCCCCc1nnnn1CC1(C(=O)O)CCC1. The number of nitrogens with zero attached hydrogens (tertiary/aromatic N) is 4. The van der Waals surface area contributed by atoms with Gasteiger partial charge in [0.05, 0.1) is 12.0 Å². The van der Waals surface area contributed by atoms with Gasteiger partial charge in [0.1, 0.15) is 0 Å². The average Bonchev–Trinajstić information content (AvgIpc) is 2.80. The highest BCUT2D eigenvalue weighted by molar-refractivity contribution is 5.75. The molecule has 1 saturated carbocycles. The van der Waals surface area contributed by atoms with E-state index >= 15 is 0 Å². The van der Waals surface area contributed by atoms with Crippen LogP contribution in [0.1, 0.15) is 64.1 Å². The average molecular weight is 280 g/mol. The van der Waals surface area contributed by atoms with E-state index < -0.39 is 11.4 Å². The maximum atomic E-state index is 11.4. The lowest BCUT2D eigenvalue weighted by Gasteiger charge is -2.37. The van der Waals surface area contributed by atoms with Gasteiger partial charge in [-0.15, -0.1) is 5.10 Å². The van der Waals surface area contributed by atoms with Gasteiger partial charge in [-0.05, 0) is 29.7 Å². The maximum Gasteiger partial charge on any atom is 0.311 e. The molecule has 0 unspecified atom stereocenters. The molecule has 1 aliphatic carbocycles. The first-order valence-corrected chi connectivity index (χ1v) is 7.66. The number of unbranched alkanes of at least 4 members (excludes halogenated alkanes) is 4. The van der Waals surface area contributed by atoms with Crippen molar-refractivity contribution in [2.75, 3.05) is 0 Å². The normalized spacial score (nSPS) is 16.9. The Morgan fingerprint density at radius 2 is 2.05 bits per heavy atom. The summed E-state index contributed by atoms with van der Waals surface area (Å²) in [5, 5.41) is 21.1. The Labute approximate surface area is 119 Å². The van der Waals surface area contributed by atoms with Crippen LogP contribution in [0.2, 0.25) is 0 Å². The Morgan fingerprint density at radius 1 is 1.30 bits per heavy atom. The number of hydrogen-bond acceptors (Lipinski definition) is 4. The summed E-state index contributed by atoms with van der Waals surface area (Å²) in [6, 6.07) is 0. The summed E-state index contributed by atoms with van der Waals surface area (Å²) in [6.45, 7) is 2.62. The number of aryl methyl sites for hydroxylation is 1. The van der Waals surface area contributed by atoms with E-state index in [9.17, 15) is 9.90 Å². The third-order valence-corrected chi connectivity index (χ3v) is 4.33. The molecule has 2 rings (SSSR count). The number of tetrazole rings is 1. The Hall–Kier alpha value is -1.46. The van der Waals surface area contributed by atoms with E-state index in [1.807, 2.05) is 0 Å². The topological polar surface area (TPSA) is 80.9 Å². The fourth-order valence-corrected chi connectivity index (χ4v) is 2.74. The van der Waals surface area contributed by atoms with Crippen molar-refractivity contribution < 1.29 is 9.90 Å². The minimum Gasteiger partial charge on any atom is -0.481 e. The molecule has 1 N–H and O–H groups in total. The van der Waals surface area contributed by atoms with Gasteiger partial charge in [-0.2, -0.15) is 0 Å². The van der Waals surface area contributed by atoms with E-state index in [1.165, 1.54) is 25.7 Å². The second-order valence-corrected chi connectivity index (χ2v) is 5.86. The Bertz CT molecular complexity index is 440. The van der Waals surface area contributed by atoms with Crippen molar-refractivity contribution in [2.24, 2.45) is 5.41 Å². The van der Waals surface area contributed by atoms with Crippen LogP contribution in [0.15, 0.2) is 0 Å². The summed E-state index contributed by atoms with van der Waals surface area (Å²) in [7, 11) is 0. The third-order valence-electron chi connectivity index (χ3n) is 4.33. The smallest absolute Gasteiger partial charge is 0.311 e. The van der Waals surface area contributed by atoms with Crippen molar-refractivity contribution in [3.63, 3.8) is 0 Å². The number of rotatable bonds is 9. The Balaban J connectivity index is 1.87. The molecule has 1 aromatic heterocycles. The molecule has 1 heterocycles. The van der Waals surface area contributed by atoms with Crippen LogP contribution in [-0.4, -0.2) is 31.3 Å². The van der Waals surface area contributed by atoms with Gasteiger partial charge in [-0.1, -0.05) is 39.0 Å². The number of aliphatic carboxylic acids is 1. The van der Waals surface area contributed by atoms with Crippen LogP contribution < -0.4 is 0 Å². The van der Waals surface area contributed by atoms with Crippen molar-refractivity contribution in [1.82, 2.24) is 20.2 Å². The molecule has 112 valence electrons. The van der Waals surface area contributed by atoms with Crippen LogP contribution in [0.5, 0.6) is 0 Å². The van der Waals surface area contributed by atoms with Crippen LogP contribution >= 0.6 is 0 Å². The molecule has 1 aliphatic rings. The summed E-state index contributed by atoms with van der Waals surface area (Å²) in [5.41, 5.74) is -0.633. The summed E-state index contributed by atoms with van der Waals surface area (Å²) in [6.07, 6.45) is 9.30. The largest absolute Gasteiger partial charge is 0.481 e. The van der Waals surface area contributed by atoms with Crippen LogP contribution in [0.4, 0.5) is 0 Å². The zero-order valence-corrected chi connectivity index (χ0v) is 12.2. The lowest BCUT2D eigenvalue weighted by atomic mass is 9.69. The molecule has 0 bridgehead atoms. The number of hydrogen-bond donors (Lipinski definition) is 1. The van der Waals surface area contributed by atoms with Crippen molar-refractivity contribution in [1.29, 1.82) is 0 Å². The molecule has 0 atom stereocenters. The van der Waals surface area contributed by atoms with E-state index in [0.29, 0.717) is 6.54 Å². The first-order chi connectivity index (χ1) is 9.68. The molecule has 0 amide bonds. The van der Waals surface area contributed by atoms with Crippen LogP contribution in [0.3, 0.4) is 0 Å². The minimum atomic E-state index is -0.715. The molecule has 0 spiro atoms. The maximum absolute atomic E-state index is 11.4. The first kappa shape index (κ1) is 14.9. The van der Waals surface area contributed by atoms with Gasteiger partial charge in [0.15, 0.2) is 5.82 Å². The predicted octanol–water partition coefficient (Wildman–Crippen LogP) is 2.44. The van der Waals surface area contributed by atoms with E-state index in [-0.39, 0.29) is 0 Å². The first-order valence-electron chi connectivity index (χ1n) is 7.66. The van der Waals surface area contributed by atoms with Crippen LogP contribution in [0, 0.1) is 5.41 Å². The molecular weight excluding hydrogens is 256 g/mol. The minimum absolute atomic E-state index is 0.416. The summed E-state index contributed by atoms with van der Waals surface area (Å²) in [5.74, 6) is 0.113. The highest BCUT2D eigenvalue weighted by Gasteiger charge is 2.45. The van der Waals surface area contributed by atoms with Gasteiger partial charge >= 0.3 is 5.97 Å². The fraction of sp³-hybridized carbons (Fsp3) is 0.857. The van der Waals surface area contributed by atoms with Gasteiger partial charge in [-0.25, -0.2) is 4.68 Å². The van der Waals surface area contributed by atoms with Gasteiger partial charge in [0, 0.05) is 6.42 Å². The molecule has 6 nitrogen and oxygen atoms in total. The highest BCUT2D eigenvalue weighted by Crippen LogP contribution is 2.42. The lowest BCUT2D eigenvalue weighted by Crippen LogP contribution is -2.42. The molecule has 1 aromatic rings. The van der Waals surface area contributed by atoms with Crippen LogP contribution in [-0.2, 0) is 17.8 Å². The van der Waals surface area contributed by atoms with Gasteiger partial charge < -0.3 is 5.11 Å². The third kappa shape index (κ3) is 3.35. The van der Waals surface area contributed by atoms with Gasteiger partial charge in [0.2, 0.25) is 0 Å². The second kappa shape index (κ2) is 6.81. The monoisotopic (exact) mass is 280 g/mol. The molecule has 6 heteroatoms. The molecule has 0 aliphatic heterocycles. The Morgan fingerprint density at radius 3 is 2.65 bits per heavy atom.